The van der Waals surface area contributed by atoms with Crippen LogP contribution >= 0.6 is 0 Å². The van der Waals surface area contributed by atoms with Gasteiger partial charge in [-0.1, -0.05) is 31.6 Å². The maximum Gasteiger partial charge on any atom is 0.204 e. The van der Waals surface area contributed by atoms with Gasteiger partial charge in [0.05, 0.1) is 23.8 Å². The number of allylic oxidation sites excluding steroid dienone is 2. The van der Waals surface area contributed by atoms with E-state index < -0.39 is 11.5 Å². The number of benzene rings is 2. The number of ether oxygens (including phenoxy) is 2. The maximum atomic E-state index is 13.7. The number of methoxy groups -OCH3 is 1. The summed E-state index contributed by atoms with van der Waals surface area (Å²) in [5.74, 6) is 1.20. The van der Waals surface area contributed by atoms with E-state index in [1.165, 1.54) is 6.07 Å². The highest BCUT2D eigenvalue weighted by Crippen LogP contribution is 2.46. The molecule has 6 nitrogen and oxygen atoms in total. The zero-order chi connectivity index (χ0) is 23.2. The molecule has 0 spiro atoms. The summed E-state index contributed by atoms with van der Waals surface area (Å²) in [7, 11) is 1.57. The molecule has 6 heteroatoms. The zero-order valence-corrected chi connectivity index (χ0v) is 18.7. The number of fused-ring (bicyclic) bond motifs is 4. The van der Waals surface area contributed by atoms with Gasteiger partial charge in [-0.2, -0.15) is 0 Å². The van der Waals surface area contributed by atoms with E-state index in [9.17, 15) is 15.0 Å². The summed E-state index contributed by atoms with van der Waals surface area (Å²) >= 11 is 0. The van der Waals surface area contributed by atoms with E-state index in [4.69, 9.17) is 13.9 Å². The largest absolute Gasteiger partial charge is 0.507 e. The molecule has 2 aromatic carbocycles. The highest BCUT2D eigenvalue weighted by molar-refractivity contribution is 5.92. The molecule has 2 heterocycles. The van der Waals surface area contributed by atoms with Gasteiger partial charge in [0.25, 0.3) is 0 Å². The Hall–Kier alpha value is -3.67. The van der Waals surface area contributed by atoms with Crippen molar-refractivity contribution in [1.29, 1.82) is 0 Å². The fraction of sp³-hybridized carbons (Fsp3) is 0.269. The van der Waals surface area contributed by atoms with Crippen molar-refractivity contribution < 1.29 is 24.1 Å². The number of hydrogen-bond acceptors (Lipinski definition) is 6. The molecule has 0 saturated heterocycles. The average molecular weight is 434 g/mol. The van der Waals surface area contributed by atoms with E-state index in [2.05, 4.69) is 0 Å². The standard InChI is InChI=1S/C26H26O6/c1-13(2)6-8-16-18(27)12-21-22(24(16)28)25(29)23-20(10-14(3)4)31-19-11-15(30-5)7-9-17(19)26(23)32-21/h6-13,20,27-28H,1-5H3/t20-/m1/s1. The summed E-state index contributed by atoms with van der Waals surface area (Å²) in [6.07, 6.45) is 4.58. The van der Waals surface area contributed by atoms with E-state index >= 15 is 0 Å². The monoisotopic (exact) mass is 434 g/mol. The Labute approximate surface area is 186 Å². The minimum Gasteiger partial charge on any atom is -0.507 e. The molecule has 0 unspecified atom stereocenters. The summed E-state index contributed by atoms with van der Waals surface area (Å²) in [5, 5.41) is 21.4. The summed E-state index contributed by atoms with van der Waals surface area (Å²) in [4.78, 5) is 13.7. The van der Waals surface area contributed by atoms with Gasteiger partial charge in [0.1, 0.15) is 45.8 Å². The van der Waals surface area contributed by atoms with E-state index in [0.29, 0.717) is 28.4 Å². The average Bonchev–Trinajstić information content (AvgIpc) is 2.72. The first-order valence-electron chi connectivity index (χ1n) is 10.4. The van der Waals surface area contributed by atoms with E-state index in [1.807, 2.05) is 39.8 Å². The molecule has 0 aliphatic carbocycles. The van der Waals surface area contributed by atoms with Crippen molar-refractivity contribution in [3.63, 3.8) is 0 Å². The lowest BCUT2D eigenvalue weighted by atomic mass is 9.94. The molecular formula is C26H26O6. The summed E-state index contributed by atoms with van der Waals surface area (Å²) < 4.78 is 17.6. The van der Waals surface area contributed by atoms with Crippen LogP contribution in [-0.4, -0.2) is 17.3 Å². The number of aromatic hydroxyl groups is 2. The van der Waals surface area contributed by atoms with Crippen LogP contribution in [0.2, 0.25) is 0 Å². The number of hydrogen-bond donors (Lipinski definition) is 2. The number of phenols is 2. The molecule has 0 amide bonds. The fourth-order valence-corrected chi connectivity index (χ4v) is 3.79. The van der Waals surface area contributed by atoms with Gasteiger partial charge in [-0.05, 0) is 38.0 Å². The Morgan fingerprint density at radius 3 is 2.59 bits per heavy atom. The second-order valence-electron chi connectivity index (χ2n) is 8.45. The van der Waals surface area contributed by atoms with E-state index in [-0.39, 0.29) is 33.9 Å². The topological polar surface area (TPSA) is 89.1 Å². The molecule has 166 valence electrons. The van der Waals surface area contributed by atoms with Gasteiger partial charge in [-0.3, -0.25) is 4.79 Å². The molecule has 3 aromatic rings. The molecule has 1 aromatic heterocycles. The van der Waals surface area contributed by atoms with Crippen LogP contribution in [0.25, 0.3) is 28.4 Å². The van der Waals surface area contributed by atoms with Gasteiger partial charge in [-0.25, -0.2) is 0 Å². The van der Waals surface area contributed by atoms with Gasteiger partial charge >= 0.3 is 0 Å². The van der Waals surface area contributed by atoms with Crippen LogP contribution in [0.5, 0.6) is 23.0 Å². The molecule has 0 bridgehead atoms. The van der Waals surface area contributed by atoms with Crippen LogP contribution in [-0.2, 0) is 0 Å². The van der Waals surface area contributed by atoms with Crippen LogP contribution in [0.15, 0.2) is 51.2 Å². The molecule has 4 rings (SSSR count). The first-order chi connectivity index (χ1) is 15.2. The van der Waals surface area contributed by atoms with Crippen LogP contribution in [0.1, 0.15) is 44.9 Å². The Balaban J connectivity index is 2.07. The van der Waals surface area contributed by atoms with Crippen molar-refractivity contribution in [3.05, 3.63) is 63.3 Å². The van der Waals surface area contributed by atoms with E-state index in [1.54, 1.807) is 31.4 Å². The molecule has 0 radical (unpaired) electrons. The van der Waals surface area contributed by atoms with Gasteiger partial charge < -0.3 is 24.1 Å². The fourth-order valence-electron chi connectivity index (χ4n) is 3.79. The molecule has 2 N–H and O–H groups in total. The third-order valence-corrected chi connectivity index (χ3v) is 5.31. The van der Waals surface area contributed by atoms with Crippen molar-refractivity contribution in [2.45, 2.75) is 33.8 Å². The normalized spacial score (nSPS) is 14.9. The minimum atomic E-state index is -0.696. The smallest absolute Gasteiger partial charge is 0.204 e. The Bertz CT molecular complexity index is 1320. The lowest BCUT2D eigenvalue weighted by Gasteiger charge is -2.26. The highest BCUT2D eigenvalue weighted by Gasteiger charge is 2.32. The van der Waals surface area contributed by atoms with Crippen molar-refractivity contribution in [1.82, 2.24) is 0 Å². The molecule has 0 saturated carbocycles. The van der Waals surface area contributed by atoms with Gasteiger partial charge in [0.15, 0.2) is 0 Å². The first-order valence-corrected chi connectivity index (χ1v) is 10.4. The highest BCUT2D eigenvalue weighted by atomic mass is 16.5. The predicted molar refractivity (Wildman–Crippen MR) is 124 cm³/mol. The van der Waals surface area contributed by atoms with E-state index in [0.717, 1.165) is 5.57 Å². The summed E-state index contributed by atoms with van der Waals surface area (Å²) in [6, 6.07) is 6.63. The van der Waals surface area contributed by atoms with Gasteiger partial charge in [0, 0.05) is 12.1 Å². The Morgan fingerprint density at radius 1 is 1.19 bits per heavy atom. The van der Waals surface area contributed by atoms with Crippen LogP contribution in [0.3, 0.4) is 0 Å². The third-order valence-electron chi connectivity index (χ3n) is 5.31. The molecular weight excluding hydrogens is 408 g/mol. The second kappa shape index (κ2) is 8.11. The summed E-state index contributed by atoms with van der Waals surface area (Å²) in [6.45, 7) is 7.78. The van der Waals surface area contributed by atoms with Gasteiger partial charge in [0.2, 0.25) is 5.43 Å². The second-order valence-corrected chi connectivity index (χ2v) is 8.45. The molecule has 32 heavy (non-hydrogen) atoms. The molecule has 1 atom stereocenters. The molecule has 1 aliphatic rings. The molecule has 0 fully saturated rings. The number of phenolic OH excluding ortho intramolecular Hbond substituents is 2. The molecule has 1 aliphatic heterocycles. The number of rotatable bonds is 4. The van der Waals surface area contributed by atoms with Crippen molar-refractivity contribution in [2.75, 3.05) is 7.11 Å². The van der Waals surface area contributed by atoms with Crippen molar-refractivity contribution in [2.24, 2.45) is 5.92 Å². The lowest BCUT2D eigenvalue weighted by molar-refractivity contribution is 0.243. The maximum absolute atomic E-state index is 13.7. The third kappa shape index (κ3) is 3.62. The quantitative estimate of drug-likeness (QED) is 0.493. The van der Waals surface area contributed by atoms with Crippen LogP contribution < -0.4 is 14.9 Å². The zero-order valence-electron chi connectivity index (χ0n) is 18.7. The predicted octanol–water partition coefficient (Wildman–Crippen LogP) is 5.95. The van der Waals surface area contributed by atoms with Crippen molar-refractivity contribution >= 4 is 17.0 Å². The van der Waals surface area contributed by atoms with Crippen LogP contribution in [0.4, 0.5) is 0 Å². The lowest BCUT2D eigenvalue weighted by Crippen LogP contribution is -2.22. The minimum absolute atomic E-state index is 0.0117. The van der Waals surface area contributed by atoms with Crippen molar-refractivity contribution in [3.8, 4) is 34.3 Å². The Kier molecular flexibility index (Phi) is 5.46. The summed E-state index contributed by atoms with van der Waals surface area (Å²) in [5.41, 5.74) is 1.74. The Morgan fingerprint density at radius 2 is 1.94 bits per heavy atom. The SMILES string of the molecule is COc1ccc2c(c1)O[C@H](C=C(C)C)c1c-2oc2cc(O)c(C=CC(C)C)c(O)c2c1=O. The first kappa shape index (κ1) is 21.6. The van der Waals surface area contributed by atoms with Crippen LogP contribution in [0, 0.1) is 5.92 Å². The van der Waals surface area contributed by atoms with Gasteiger partial charge in [-0.15, -0.1) is 0 Å².